The van der Waals surface area contributed by atoms with Gasteiger partial charge in [0.15, 0.2) is 0 Å². The summed E-state index contributed by atoms with van der Waals surface area (Å²) < 4.78 is 11.3. The number of hydrogen-bond acceptors (Lipinski definition) is 3. The van der Waals surface area contributed by atoms with Crippen LogP contribution in [-0.2, 0) is 4.74 Å². The van der Waals surface area contributed by atoms with E-state index < -0.39 is 0 Å². The molecule has 1 aliphatic carbocycles. The molecule has 0 heterocycles. The van der Waals surface area contributed by atoms with Crippen molar-refractivity contribution in [3.63, 3.8) is 0 Å². The third-order valence-electron chi connectivity index (χ3n) is 3.18. The zero-order chi connectivity index (χ0) is 13.8. The van der Waals surface area contributed by atoms with Crippen molar-refractivity contribution < 1.29 is 14.3 Å². The Morgan fingerprint density at radius 3 is 2.74 bits per heavy atom. The summed E-state index contributed by atoms with van der Waals surface area (Å²) in [7, 11) is 3.23. The van der Waals surface area contributed by atoms with Gasteiger partial charge in [-0.2, -0.15) is 0 Å². The van der Waals surface area contributed by atoms with Crippen LogP contribution in [0.25, 0.3) is 0 Å². The highest BCUT2D eigenvalue weighted by atomic mass is 79.9. The maximum absolute atomic E-state index is 12.6. The molecule has 0 unspecified atom stereocenters. The van der Waals surface area contributed by atoms with Gasteiger partial charge in [-0.3, -0.25) is 4.79 Å². The van der Waals surface area contributed by atoms with Gasteiger partial charge in [-0.05, 0) is 31.0 Å². The van der Waals surface area contributed by atoms with Crippen LogP contribution in [0.4, 0.5) is 0 Å². The van der Waals surface area contributed by atoms with Gasteiger partial charge in [-0.15, -0.1) is 0 Å². The molecule has 0 bridgehead atoms. The fourth-order valence-corrected chi connectivity index (χ4v) is 2.36. The maximum Gasteiger partial charge on any atom is 0.257 e. The van der Waals surface area contributed by atoms with E-state index in [1.807, 2.05) is 17.0 Å². The summed E-state index contributed by atoms with van der Waals surface area (Å²) in [5.41, 5.74) is 0.605. The SMILES string of the molecule is COCCN(C(=O)c1ccc(Br)cc1OC)C1CC1. The molecule has 1 amide bonds. The second-order valence-corrected chi connectivity index (χ2v) is 5.48. The monoisotopic (exact) mass is 327 g/mol. The smallest absolute Gasteiger partial charge is 0.257 e. The van der Waals surface area contributed by atoms with Gasteiger partial charge >= 0.3 is 0 Å². The number of hydrogen-bond donors (Lipinski definition) is 0. The normalized spacial score (nSPS) is 14.3. The molecule has 0 aromatic heterocycles. The van der Waals surface area contributed by atoms with E-state index in [0.717, 1.165) is 17.3 Å². The molecule has 1 aromatic rings. The van der Waals surface area contributed by atoms with Gasteiger partial charge in [0, 0.05) is 24.2 Å². The summed E-state index contributed by atoms with van der Waals surface area (Å²) in [4.78, 5) is 14.5. The van der Waals surface area contributed by atoms with Gasteiger partial charge in [-0.1, -0.05) is 15.9 Å². The first-order valence-corrected chi connectivity index (χ1v) is 7.10. The lowest BCUT2D eigenvalue weighted by Crippen LogP contribution is -2.36. The number of benzene rings is 1. The molecular weight excluding hydrogens is 310 g/mol. The van der Waals surface area contributed by atoms with Crippen LogP contribution < -0.4 is 4.74 Å². The molecule has 1 saturated carbocycles. The Hall–Kier alpha value is -1.07. The maximum atomic E-state index is 12.6. The first kappa shape index (κ1) is 14.3. The third-order valence-corrected chi connectivity index (χ3v) is 3.67. The molecule has 0 radical (unpaired) electrons. The number of rotatable bonds is 6. The Morgan fingerprint density at radius 2 is 2.16 bits per heavy atom. The largest absolute Gasteiger partial charge is 0.496 e. The first-order chi connectivity index (χ1) is 9.17. The average molecular weight is 328 g/mol. The number of ether oxygens (including phenoxy) is 2. The van der Waals surface area contributed by atoms with Gasteiger partial charge in [0.1, 0.15) is 5.75 Å². The molecule has 5 heteroatoms. The Labute approximate surface area is 121 Å². The Balaban J connectivity index is 2.20. The van der Waals surface area contributed by atoms with E-state index in [1.165, 1.54) is 0 Å². The van der Waals surface area contributed by atoms with Crippen LogP contribution in [0, 0.1) is 0 Å². The van der Waals surface area contributed by atoms with Crippen molar-refractivity contribution in [3.05, 3.63) is 28.2 Å². The van der Waals surface area contributed by atoms with Gasteiger partial charge in [0.25, 0.3) is 5.91 Å². The van der Waals surface area contributed by atoms with Crippen molar-refractivity contribution in [1.82, 2.24) is 4.90 Å². The lowest BCUT2D eigenvalue weighted by molar-refractivity contribution is 0.0677. The van der Waals surface area contributed by atoms with Gasteiger partial charge in [0.05, 0.1) is 19.3 Å². The van der Waals surface area contributed by atoms with E-state index in [0.29, 0.717) is 30.5 Å². The molecule has 2 rings (SSSR count). The molecule has 19 heavy (non-hydrogen) atoms. The lowest BCUT2D eigenvalue weighted by Gasteiger charge is -2.23. The van der Waals surface area contributed by atoms with Crippen molar-refractivity contribution >= 4 is 21.8 Å². The molecule has 0 N–H and O–H groups in total. The zero-order valence-corrected chi connectivity index (χ0v) is 12.8. The Bertz CT molecular complexity index is 460. The second kappa shape index (κ2) is 6.39. The van der Waals surface area contributed by atoms with Crippen molar-refractivity contribution in [2.24, 2.45) is 0 Å². The molecule has 0 aliphatic heterocycles. The van der Waals surface area contributed by atoms with Crippen LogP contribution in [0.2, 0.25) is 0 Å². The third kappa shape index (κ3) is 3.48. The summed E-state index contributed by atoms with van der Waals surface area (Å²) in [6.45, 7) is 1.18. The van der Waals surface area contributed by atoms with Crippen molar-refractivity contribution in [2.45, 2.75) is 18.9 Å². The van der Waals surface area contributed by atoms with Crippen LogP contribution >= 0.6 is 15.9 Å². The number of carbonyl (C=O) groups excluding carboxylic acids is 1. The molecule has 104 valence electrons. The van der Waals surface area contributed by atoms with Crippen LogP contribution in [0.5, 0.6) is 5.75 Å². The second-order valence-electron chi connectivity index (χ2n) is 4.57. The predicted octanol–water partition coefficient (Wildman–Crippen LogP) is 2.71. The topological polar surface area (TPSA) is 38.8 Å². The van der Waals surface area contributed by atoms with E-state index in [9.17, 15) is 4.79 Å². The summed E-state index contributed by atoms with van der Waals surface area (Å²) in [5, 5.41) is 0. The lowest BCUT2D eigenvalue weighted by atomic mass is 10.1. The molecule has 0 atom stereocenters. The minimum absolute atomic E-state index is 0.0175. The van der Waals surface area contributed by atoms with E-state index in [1.54, 1.807) is 20.3 Å². The highest BCUT2D eigenvalue weighted by Gasteiger charge is 2.33. The highest BCUT2D eigenvalue weighted by molar-refractivity contribution is 9.10. The van der Waals surface area contributed by atoms with Crippen molar-refractivity contribution in [2.75, 3.05) is 27.4 Å². The number of carbonyl (C=O) groups is 1. The molecule has 4 nitrogen and oxygen atoms in total. The molecule has 0 saturated heterocycles. The highest BCUT2D eigenvalue weighted by Crippen LogP contribution is 2.31. The summed E-state index contributed by atoms with van der Waals surface area (Å²) in [6.07, 6.45) is 2.16. The van der Waals surface area contributed by atoms with E-state index in [4.69, 9.17) is 9.47 Å². The number of methoxy groups -OCH3 is 2. The molecule has 1 aliphatic rings. The molecule has 1 fully saturated rings. The van der Waals surface area contributed by atoms with Gasteiger partial charge in [-0.25, -0.2) is 0 Å². The number of halogens is 1. The van der Waals surface area contributed by atoms with E-state index in [-0.39, 0.29) is 5.91 Å². The van der Waals surface area contributed by atoms with E-state index in [2.05, 4.69) is 15.9 Å². The molecular formula is C14H18BrNO3. The number of amides is 1. The van der Waals surface area contributed by atoms with E-state index >= 15 is 0 Å². The fourth-order valence-electron chi connectivity index (χ4n) is 2.02. The Kier molecular flexibility index (Phi) is 4.82. The first-order valence-electron chi connectivity index (χ1n) is 6.30. The minimum atomic E-state index is 0.0175. The Morgan fingerprint density at radius 1 is 1.42 bits per heavy atom. The molecule has 1 aromatic carbocycles. The fraction of sp³-hybridized carbons (Fsp3) is 0.500. The van der Waals surface area contributed by atoms with Crippen LogP contribution in [0.15, 0.2) is 22.7 Å². The van der Waals surface area contributed by atoms with Crippen molar-refractivity contribution in [3.8, 4) is 5.75 Å². The van der Waals surface area contributed by atoms with Crippen molar-refractivity contribution in [1.29, 1.82) is 0 Å². The predicted molar refractivity (Wildman–Crippen MR) is 76.6 cm³/mol. The molecule has 0 spiro atoms. The standard InChI is InChI=1S/C14H18BrNO3/c1-18-8-7-16(11-4-5-11)14(17)12-6-3-10(15)9-13(12)19-2/h3,6,9,11H,4-5,7-8H2,1-2H3. The van der Waals surface area contributed by atoms with Gasteiger partial charge in [0.2, 0.25) is 0 Å². The average Bonchev–Trinajstić information content (AvgIpc) is 3.23. The zero-order valence-electron chi connectivity index (χ0n) is 11.2. The van der Waals surface area contributed by atoms with Gasteiger partial charge < -0.3 is 14.4 Å². The number of nitrogens with zero attached hydrogens (tertiary/aromatic N) is 1. The minimum Gasteiger partial charge on any atom is -0.496 e. The quantitative estimate of drug-likeness (QED) is 0.806. The van der Waals surface area contributed by atoms with Crippen LogP contribution in [0.3, 0.4) is 0 Å². The summed E-state index contributed by atoms with van der Waals surface area (Å²) in [5.74, 6) is 0.617. The summed E-state index contributed by atoms with van der Waals surface area (Å²) in [6, 6.07) is 5.83. The summed E-state index contributed by atoms with van der Waals surface area (Å²) >= 11 is 3.38. The van der Waals surface area contributed by atoms with Crippen LogP contribution in [-0.4, -0.2) is 44.2 Å². The van der Waals surface area contributed by atoms with Crippen LogP contribution in [0.1, 0.15) is 23.2 Å².